The molecule has 0 fully saturated rings. The van der Waals surface area contributed by atoms with Crippen LogP contribution >= 0.6 is 0 Å². The van der Waals surface area contributed by atoms with Gasteiger partial charge in [-0.05, 0) is 49.7 Å². The summed E-state index contributed by atoms with van der Waals surface area (Å²) in [6.45, 7) is 2.63. The van der Waals surface area contributed by atoms with Gasteiger partial charge in [-0.25, -0.2) is 0 Å². The maximum atomic E-state index is 12.3. The number of amides is 3. The van der Waals surface area contributed by atoms with Crippen LogP contribution in [0.25, 0.3) is 11.5 Å². The summed E-state index contributed by atoms with van der Waals surface area (Å²) in [7, 11) is 0. The van der Waals surface area contributed by atoms with Crippen molar-refractivity contribution in [3.63, 3.8) is 0 Å². The molecule has 2 heterocycles. The van der Waals surface area contributed by atoms with E-state index in [0.717, 1.165) is 10.6 Å². The van der Waals surface area contributed by atoms with Crippen LogP contribution in [0.2, 0.25) is 0 Å². The fourth-order valence-electron chi connectivity index (χ4n) is 3.27. The number of anilines is 1. The summed E-state index contributed by atoms with van der Waals surface area (Å²) in [6, 6.07) is 13.8. The van der Waals surface area contributed by atoms with Crippen molar-refractivity contribution in [1.29, 1.82) is 0 Å². The number of carbonyl (C=O) groups is 3. The summed E-state index contributed by atoms with van der Waals surface area (Å²) in [5.74, 6) is -0.0176. The average Bonchev–Trinajstić information content (AvgIpc) is 3.33. The highest BCUT2D eigenvalue weighted by molar-refractivity contribution is 6.21. The van der Waals surface area contributed by atoms with Crippen LogP contribution in [0, 0.1) is 0 Å². The van der Waals surface area contributed by atoms with Crippen LogP contribution in [-0.2, 0) is 4.79 Å². The van der Waals surface area contributed by atoms with E-state index >= 15 is 0 Å². The van der Waals surface area contributed by atoms with Gasteiger partial charge in [-0.2, -0.15) is 0 Å². The summed E-state index contributed by atoms with van der Waals surface area (Å²) in [6.07, 6.45) is 0.408. The third-order valence-corrected chi connectivity index (χ3v) is 4.75. The Morgan fingerprint density at radius 2 is 1.71 bits per heavy atom. The van der Waals surface area contributed by atoms with E-state index in [2.05, 4.69) is 15.5 Å². The summed E-state index contributed by atoms with van der Waals surface area (Å²) >= 11 is 0. The zero-order valence-corrected chi connectivity index (χ0v) is 16.8. The number of ether oxygens (including phenoxy) is 1. The number of aromatic nitrogens is 2. The van der Waals surface area contributed by atoms with Gasteiger partial charge in [-0.15, -0.1) is 5.10 Å². The Hall–Kier alpha value is -4.01. The van der Waals surface area contributed by atoms with Gasteiger partial charge in [0, 0.05) is 18.5 Å². The predicted octanol–water partition coefficient (Wildman–Crippen LogP) is 3.15. The van der Waals surface area contributed by atoms with Gasteiger partial charge in [0.25, 0.3) is 11.8 Å². The second-order valence-corrected chi connectivity index (χ2v) is 6.83. The first-order valence-corrected chi connectivity index (χ1v) is 9.88. The van der Waals surface area contributed by atoms with E-state index in [1.54, 1.807) is 48.5 Å². The molecule has 3 amide bonds. The zero-order valence-electron chi connectivity index (χ0n) is 16.8. The Bertz CT molecular complexity index is 1090. The SMILES string of the molecule is CCOc1ccc(-c2nnc(NC(=O)CCCN3C(=O)c4ccccc4C3=O)o2)cc1. The topological polar surface area (TPSA) is 115 Å². The predicted molar refractivity (Wildman–Crippen MR) is 111 cm³/mol. The van der Waals surface area contributed by atoms with Crippen LogP contribution in [0.1, 0.15) is 40.5 Å². The lowest BCUT2D eigenvalue weighted by Crippen LogP contribution is -2.31. The maximum absolute atomic E-state index is 12.3. The van der Waals surface area contributed by atoms with E-state index < -0.39 is 0 Å². The Labute approximate surface area is 178 Å². The van der Waals surface area contributed by atoms with Gasteiger partial charge in [0.15, 0.2) is 0 Å². The molecule has 0 saturated carbocycles. The van der Waals surface area contributed by atoms with E-state index in [0.29, 0.717) is 29.7 Å². The largest absolute Gasteiger partial charge is 0.494 e. The standard InChI is InChI=1S/C22H20N4O5/c1-2-30-15-11-9-14(10-12-15)19-24-25-22(31-19)23-18(27)8-5-13-26-20(28)16-6-3-4-7-17(16)21(26)29/h3-4,6-7,9-12H,2,5,8,13H2,1H3,(H,23,25,27). The number of hydrogen-bond donors (Lipinski definition) is 1. The van der Waals surface area contributed by atoms with Gasteiger partial charge in [0.2, 0.25) is 11.8 Å². The third kappa shape index (κ3) is 4.30. The zero-order chi connectivity index (χ0) is 21.8. The molecule has 3 aromatic rings. The first-order chi connectivity index (χ1) is 15.1. The van der Waals surface area contributed by atoms with Crippen LogP contribution in [0.3, 0.4) is 0 Å². The van der Waals surface area contributed by atoms with Crippen molar-refractivity contribution >= 4 is 23.7 Å². The van der Waals surface area contributed by atoms with Crippen LogP contribution in [0.5, 0.6) is 5.75 Å². The molecule has 0 saturated heterocycles. The average molecular weight is 420 g/mol. The Balaban J connectivity index is 1.28. The van der Waals surface area contributed by atoms with Gasteiger partial charge >= 0.3 is 6.01 Å². The van der Waals surface area contributed by atoms with Crippen molar-refractivity contribution in [2.45, 2.75) is 19.8 Å². The highest BCUT2D eigenvalue weighted by Gasteiger charge is 2.34. The second kappa shape index (κ2) is 8.78. The minimum atomic E-state index is -0.349. The molecule has 1 aliphatic rings. The van der Waals surface area contributed by atoms with Crippen LogP contribution < -0.4 is 10.1 Å². The van der Waals surface area contributed by atoms with Crippen molar-refractivity contribution in [1.82, 2.24) is 15.1 Å². The van der Waals surface area contributed by atoms with Crippen molar-refractivity contribution in [2.24, 2.45) is 0 Å². The molecule has 31 heavy (non-hydrogen) atoms. The molecule has 1 N–H and O–H groups in total. The normalized spacial score (nSPS) is 12.7. The molecule has 4 rings (SSSR count). The minimum absolute atomic E-state index is 0.0189. The molecule has 0 bridgehead atoms. The van der Waals surface area contributed by atoms with E-state index in [1.165, 1.54) is 0 Å². The van der Waals surface area contributed by atoms with E-state index in [1.807, 2.05) is 6.92 Å². The van der Waals surface area contributed by atoms with Gasteiger partial charge < -0.3 is 9.15 Å². The van der Waals surface area contributed by atoms with Crippen molar-refractivity contribution in [3.8, 4) is 17.2 Å². The number of imide groups is 1. The highest BCUT2D eigenvalue weighted by atomic mass is 16.5. The lowest BCUT2D eigenvalue weighted by Gasteiger charge is -2.13. The summed E-state index contributed by atoms with van der Waals surface area (Å²) < 4.78 is 10.9. The lowest BCUT2D eigenvalue weighted by molar-refractivity contribution is -0.116. The summed E-state index contributed by atoms with van der Waals surface area (Å²) in [4.78, 5) is 38.0. The number of nitrogens with zero attached hydrogens (tertiary/aromatic N) is 3. The molecule has 158 valence electrons. The second-order valence-electron chi connectivity index (χ2n) is 6.83. The van der Waals surface area contributed by atoms with Crippen molar-refractivity contribution < 1.29 is 23.5 Å². The smallest absolute Gasteiger partial charge is 0.322 e. The van der Waals surface area contributed by atoms with Crippen LogP contribution in [0.15, 0.2) is 52.9 Å². The molecule has 9 nitrogen and oxygen atoms in total. The van der Waals surface area contributed by atoms with Crippen LogP contribution in [0.4, 0.5) is 6.01 Å². The number of hydrogen-bond acceptors (Lipinski definition) is 7. The first-order valence-electron chi connectivity index (χ1n) is 9.88. The summed E-state index contributed by atoms with van der Waals surface area (Å²) in [5, 5.41) is 10.3. The molecular formula is C22H20N4O5. The van der Waals surface area contributed by atoms with E-state index in [-0.39, 0.29) is 42.6 Å². The molecule has 0 spiro atoms. The molecule has 0 atom stereocenters. The summed E-state index contributed by atoms with van der Waals surface area (Å²) in [5.41, 5.74) is 1.48. The number of carbonyl (C=O) groups excluding carboxylic acids is 3. The fourth-order valence-corrected chi connectivity index (χ4v) is 3.27. The molecule has 2 aromatic carbocycles. The van der Waals surface area contributed by atoms with Crippen molar-refractivity contribution in [3.05, 3.63) is 59.7 Å². The quantitative estimate of drug-likeness (QED) is 0.557. The molecule has 0 radical (unpaired) electrons. The van der Waals surface area contributed by atoms with Gasteiger partial charge in [0.1, 0.15) is 5.75 Å². The minimum Gasteiger partial charge on any atom is -0.494 e. The maximum Gasteiger partial charge on any atom is 0.322 e. The molecule has 1 aromatic heterocycles. The number of rotatable bonds is 8. The fraction of sp³-hybridized carbons (Fsp3) is 0.227. The van der Waals surface area contributed by atoms with Crippen molar-refractivity contribution in [2.75, 3.05) is 18.5 Å². The number of fused-ring (bicyclic) bond motifs is 1. The lowest BCUT2D eigenvalue weighted by atomic mass is 10.1. The molecule has 1 aliphatic heterocycles. The molecule has 9 heteroatoms. The third-order valence-electron chi connectivity index (χ3n) is 4.75. The molecule has 0 unspecified atom stereocenters. The Morgan fingerprint density at radius 3 is 2.35 bits per heavy atom. The number of nitrogens with one attached hydrogen (secondary N) is 1. The number of benzene rings is 2. The first kappa shape index (κ1) is 20.3. The van der Waals surface area contributed by atoms with E-state index in [9.17, 15) is 14.4 Å². The van der Waals surface area contributed by atoms with E-state index in [4.69, 9.17) is 9.15 Å². The molecule has 0 aliphatic carbocycles. The Morgan fingerprint density at radius 1 is 1.03 bits per heavy atom. The molecular weight excluding hydrogens is 400 g/mol. The Kier molecular flexibility index (Phi) is 5.74. The van der Waals surface area contributed by atoms with Gasteiger partial charge in [-0.3, -0.25) is 24.6 Å². The van der Waals surface area contributed by atoms with Crippen LogP contribution in [-0.4, -0.2) is 46.0 Å². The van der Waals surface area contributed by atoms with Gasteiger partial charge in [-0.1, -0.05) is 17.2 Å². The monoisotopic (exact) mass is 420 g/mol. The van der Waals surface area contributed by atoms with Gasteiger partial charge in [0.05, 0.1) is 17.7 Å². The highest BCUT2D eigenvalue weighted by Crippen LogP contribution is 2.24.